The summed E-state index contributed by atoms with van der Waals surface area (Å²) in [7, 11) is 0. The van der Waals surface area contributed by atoms with Crippen molar-refractivity contribution in [3.05, 3.63) is 69.9 Å². The number of nitrogens with zero attached hydrogens (tertiary/aromatic N) is 5. The monoisotopic (exact) mass is 513 g/mol. The summed E-state index contributed by atoms with van der Waals surface area (Å²) in [6, 6.07) is 8.88. The Labute approximate surface area is 208 Å². The van der Waals surface area contributed by atoms with E-state index in [-0.39, 0.29) is 22.7 Å². The molecule has 1 aliphatic heterocycles. The second-order valence-electron chi connectivity index (χ2n) is 9.57. The average molecular weight is 513 g/mol. The average Bonchev–Trinajstić information content (AvgIpc) is 3.64. The Balaban J connectivity index is 1.46. The van der Waals surface area contributed by atoms with Crippen molar-refractivity contribution in [2.24, 2.45) is 0 Å². The van der Waals surface area contributed by atoms with Gasteiger partial charge in [0.15, 0.2) is 5.65 Å². The van der Waals surface area contributed by atoms with Gasteiger partial charge in [-0.05, 0) is 61.2 Å². The molecule has 1 saturated carbocycles. The summed E-state index contributed by atoms with van der Waals surface area (Å²) >= 11 is 0. The van der Waals surface area contributed by atoms with E-state index in [2.05, 4.69) is 25.6 Å². The fraction of sp³-hybridized carbons (Fsp3) is 0.360. The van der Waals surface area contributed by atoms with Crippen molar-refractivity contribution in [3.8, 4) is 5.69 Å². The van der Waals surface area contributed by atoms with Crippen LogP contribution in [0.5, 0.6) is 0 Å². The van der Waals surface area contributed by atoms with E-state index >= 15 is 0 Å². The maximum atomic E-state index is 13.7. The van der Waals surface area contributed by atoms with Gasteiger partial charge in [-0.25, -0.2) is 14.3 Å². The van der Waals surface area contributed by atoms with Crippen molar-refractivity contribution < 1.29 is 17.6 Å². The molecule has 4 heterocycles. The first-order valence-corrected chi connectivity index (χ1v) is 11.9. The first-order valence-electron chi connectivity index (χ1n) is 11.9. The van der Waals surface area contributed by atoms with Crippen molar-refractivity contribution >= 4 is 22.7 Å². The van der Waals surface area contributed by atoms with E-state index in [0.29, 0.717) is 23.2 Å². The number of aromatic nitrogens is 5. The predicted octanol–water partition coefficient (Wildman–Crippen LogP) is 3.93. The molecule has 0 radical (unpaired) electrons. The van der Waals surface area contributed by atoms with Crippen molar-refractivity contribution in [3.63, 3.8) is 0 Å². The molecule has 0 unspecified atom stereocenters. The van der Waals surface area contributed by atoms with Gasteiger partial charge in [0.25, 0.3) is 5.56 Å². The molecule has 8 nitrogen and oxygen atoms in total. The van der Waals surface area contributed by atoms with Gasteiger partial charge in [-0.1, -0.05) is 6.07 Å². The first kappa shape index (κ1) is 23.6. The molecule has 0 amide bonds. The highest BCUT2D eigenvalue weighted by atomic mass is 19.4. The van der Waals surface area contributed by atoms with E-state index in [0.717, 1.165) is 29.9 Å². The number of nitrogens with one attached hydrogen (secondary N) is 2. The Kier molecular flexibility index (Phi) is 5.51. The van der Waals surface area contributed by atoms with Crippen molar-refractivity contribution in [1.29, 1.82) is 0 Å². The molecule has 2 aliphatic rings. The Bertz CT molecular complexity index is 1560. The van der Waals surface area contributed by atoms with Crippen molar-refractivity contribution in [1.82, 2.24) is 29.6 Å². The molecule has 2 N–H and O–H groups in total. The number of hydrogen-bond acceptors (Lipinski definition) is 6. The number of alkyl halides is 4. The van der Waals surface area contributed by atoms with Crippen LogP contribution in [0.4, 0.5) is 29.2 Å². The van der Waals surface area contributed by atoms with Crippen LogP contribution in [-0.4, -0.2) is 43.7 Å². The van der Waals surface area contributed by atoms with E-state index < -0.39 is 30.4 Å². The van der Waals surface area contributed by atoms with Crippen LogP contribution in [0.3, 0.4) is 0 Å². The van der Waals surface area contributed by atoms with Crippen LogP contribution in [0.1, 0.15) is 29.7 Å². The van der Waals surface area contributed by atoms with Crippen LogP contribution in [-0.2, 0) is 24.9 Å². The summed E-state index contributed by atoms with van der Waals surface area (Å²) in [5.41, 5.74) is 2.21. The molecule has 4 aromatic rings. The molecule has 12 heteroatoms. The van der Waals surface area contributed by atoms with Crippen molar-refractivity contribution in [2.45, 2.75) is 43.9 Å². The minimum atomic E-state index is -4.66. The van der Waals surface area contributed by atoms with Crippen LogP contribution in [0, 0.1) is 0 Å². The smallest absolute Gasteiger partial charge is 0.324 e. The molecular formula is C25H23F4N7O. The van der Waals surface area contributed by atoms with E-state index in [1.807, 2.05) is 18.2 Å². The van der Waals surface area contributed by atoms with E-state index in [1.165, 1.54) is 35.7 Å². The molecule has 3 aromatic heterocycles. The van der Waals surface area contributed by atoms with Gasteiger partial charge < -0.3 is 10.6 Å². The zero-order valence-electron chi connectivity index (χ0n) is 19.6. The van der Waals surface area contributed by atoms with Crippen LogP contribution in [0.15, 0.2) is 47.5 Å². The molecule has 1 aliphatic carbocycles. The number of halogens is 4. The van der Waals surface area contributed by atoms with Gasteiger partial charge in [-0.15, -0.1) is 0 Å². The zero-order chi connectivity index (χ0) is 25.8. The minimum absolute atomic E-state index is 0.0103. The summed E-state index contributed by atoms with van der Waals surface area (Å²) in [4.78, 5) is 25.9. The Morgan fingerprint density at radius 2 is 1.95 bits per heavy atom. The number of rotatable bonds is 6. The largest absolute Gasteiger partial charge is 0.408 e. The normalized spacial score (nSPS) is 16.5. The van der Waals surface area contributed by atoms with Crippen LogP contribution in [0.2, 0.25) is 0 Å². The van der Waals surface area contributed by atoms with Crippen molar-refractivity contribution in [2.75, 3.05) is 18.5 Å². The fourth-order valence-corrected chi connectivity index (χ4v) is 4.80. The SMILES string of the molecule is O=c1c2cnc(Nc3ccc4c(c3)CCNC4)nc2n(-c2ccnc(C3(CF)CC3)c2)n1CC(F)(F)F. The number of benzene rings is 1. The molecule has 37 heavy (non-hydrogen) atoms. The summed E-state index contributed by atoms with van der Waals surface area (Å²) in [5, 5.41) is 6.36. The maximum absolute atomic E-state index is 13.7. The van der Waals surface area contributed by atoms with E-state index in [1.54, 1.807) is 0 Å². The number of pyridine rings is 1. The van der Waals surface area contributed by atoms with Gasteiger partial charge >= 0.3 is 6.18 Å². The summed E-state index contributed by atoms with van der Waals surface area (Å²) in [6.45, 7) is -0.474. The van der Waals surface area contributed by atoms with Gasteiger partial charge in [-0.3, -0.25) is 14.2 Å². The second kappa shape index (κ2) is 8.65. The van der Waals surface area contributed by atoms with Crippen LogP contribution in [0.25, 0.3) is 16.7 Å². The molecular weight excluding hydrogens is 490 g/mol. The summed E-state index contributed by atoms with van der Waals surface area (Å²) in [6.07, 6.45) is 0.0651. The third-order valence-electron chi connectivity index (χ3n) is 6.99. The highest BCUT2D eigenvalue weighted by Crippen LogP contribution is 2.48. The Morgan fingerprint density at radius 3 is 2.70 bits per heavy atom. The zero-order valence-corrected chi connectivity index (χ0v) is 19.6. The molecule has 0 spiro atoms. The van der Waals surface area contributed by atoms with Crippen LogP contribution >= 0.6 is 0 Å². The highest BCUT2D eigenvalue weighted by Gasteiger charge is 2.46. The third kappa shape index (κ3) is 4.35. The van der Waals surface area contributed by atoms with Gasteiger partial charge in [0.05, 0.1) is 11.4 Å². The van der Waals surface area contributed by atoms with Crippen LogP contribution < -0.4 is 16.2 Å². The fourth-order valence-electron chi connectivity index (χ4n) is 4.80. The lowest BCUT2D eigenvalue weighted by molar-refractivity contribution is -0.144. The summed E-state index contributed by atoms with van der Waals surface area (Å²) in [5.74, 6) is 0.135. The van der Waals surface area contributed by atoms with Gasteiger partial charge in [-0.2, -0.15) is 18.2 Å². The molecule has 6 rings (SSSR count). The molecule has 0 atom stereocenters. The molecule has 1 aromatic carbocycles. The lowest BCUT2D eigenvalue weighted by Crippen LogP contribution is -2.30. The standard InChI is InChI=1S/C25H23F4N7O/c26-13-24(5-6-24)20-10-18(4-8-31-20)36-21-19(22(37)35(36)14-25(27,28)29)12-32-23(34-21)33-17-2-1-16-11-30-7-3-15(16)9-17/h1-2,4,8-10,12,30H,3,5-7,11,13-14H2,(H,32,33,34). The van der Waals surface area contributed by atoms with Gasteiger partial charge in [0, 0.05) is 30.0 Å². The lowest BCUT2D eigenvalue weighted by atomic mass is 10.0. The van der Waals surface area contributed by atoms with Gasteiger partial charge in [0.1, 0.15) is 18.6 Å². The number of fused-ring (bicyclic) bond motifs is 2. The third-order valence-corrected chi connectivity index (χ3v) is 6.99. The number of hydrogen-bond donors (Lipinski definition) is 2. The second-order valence-corrected chi connectivity index (χ2v) is 9.57. The first-order chi connectivity index (χ1) is 17.8. The molecule has 0 saturated heterocycles. The Hall–Kier alpha value is -3.80. The highest BCUT2D eigenvalue weighted by molar-refractivity contribution is 5.77. The topological polar surface area (TPSA) is 89.7 Å². The van der Waals surface area contributed by atoms with E-state index in [9.17, 15) is 22.4 Å². The molecule has 192 valence electrons. The number of anilines is 2. The Morgan fingerprint density at radius 1 is 1.11 bits per heavy atom. The van der Waals surface area contributed by atoms with Gasteiger partial charge in [0.2, 0.25) is 5.95 Å². The van der Waals surface area contributed by atoms with E-state index in [4.69, 9.17) is 0 Å². The lowest BCUT2D eigenvalue weighted by Gasteiger charge is -2.18. The maximum Gasteiger partial charge on any atom is 0.408 e. The summed E-state index contributed by atoms with van der Waals surface area (Å²) < 4.78 is 55.9. The molecule has 1 fully saturated rings. The predicted molar refractivity (Wildman–Crippen MR) is 129 cm³/mol. The quantitative estimate of drug-likeness (QED) is 0.380. The molecule has 0 bridgehead atoms. The minimum Gasteiger partial charge on any atom is -0.324 e.